The normalized spacial score (nSPS) is 22.4. The molecule has 1 atom stereocenters. The molecule has 0 spiro atoms. The summed E-state index contributed by atoms with van der Waals surface area (Å²) >= 11 is 0. The van der Waals surface area contributed by atoms with Gasteiger partial charge in [-0.15, -0.1) is 12.4 Å². The van der Waals surface area contributed by atoms with Gasteiger partial charge in [-0.3, -0.25) is 4.99 Å². The summed E-state index contributed by atoms with van der Waals surface area (Å²) in [6, 6.07) is -0.620. The molecule has 6 heteroatoms. The summed E-state index contributed by atoms with van der Waals surface area (Å²) in [5.74, 6) is -0.707. The standard InChI is InChI=1S/C4H7N3O2.ClH/c5-4-6-1-2(7-4)3(8)9;/h2H,1H2,(H,8,9)(H3,5,6,7);1H. The van der Waals surface area contributed by atoms with E-state index in [1.165, 1.54) is 0 Å². The van der Waals surface area contributed by atoms with Crippen LogP contribution in [0.3, 0.4) is 0 Å². The molecule has 1 aliphatic heterocycles. The van der Waals surface area contributed by atoms with Crippen molar-refractivity contribution in [1.29, 1.82) is 0 Å². The maximum Gasteiger partial charge on any atom is 0.328 e. The number of halogens is 1. The first-order chi connectivity index (χ1) is 4.20. The van der Waals surface area contributed by atoms with E-state index in [4.69, 9.17) is 10.8 Å². The van der Waals surface area contributed by atoms with Crippen LogP contribution in [-0.2, 0) is 4.79 Å². The summed E-state index contributed by atoms with van der Waals surface area (Å²) in [5.41, 5.74) is 5.14. The highest BCUT2D eigenvalue weighted by molar-refractivity contribution is 5.87. The number of rotatable bonds is 1. The first-order valence-electron chi connectivity index (χ1n) is 2.49. The van der Waals surface area contributed by atoms with Crippen molar-refractivity contribution >= 4 is 24.3 Å². The van der Waals surface area contributed by atoms with Crippen LogP contribution in [0.2, 0.25) is 0 Å². The molecule has 4 N–H and O–H groups in total. The Kier molecular flexibility index (Phi) is 2.95. The maximum absolute atomic E-state index is 10.2. The third-order valence-electron chi connectivity index (χ3n) is 1.06. The zero-order valence-corrected chi connectivity index (χ0v) is 5.89. The fourth-order valence-electron chi connectivity index (χ4n) is 0.599. The minimum Gasteiger partial charge on any atom is -0.480 e. The SMILES string of the molecule is Cl.NC1=NCC(C(=O)O)N1. The fourth-order valence-corrected chi connectivity index (χ4v) is 0.599. The van der Waals surface area contributed by atoms with Crippen molar-refractivity contribution in [2.45, 2.75) is 6.04 Å². The van der Waals surface area contributed by atoms with Gasteiger partial charge in [0.2, 0.25) is 0 Å². The summed E-state index contributed by atoms with van der Waals surface area (Å²) in [4.78, 5) is 13.8. The Morgan fingerprint density at radius 2 is 2.50 bits per heavy atom. The zero-order chi connectivity index (χ0) is 6.85. The highest BCUT2D eigenvalue weighted by Crippen LogP contribution is 1.91. The van der Waals surface area contributed by atoms with Gasteiger partial charge in [0.05, 0.1) is 6.54 Å². The summed E-state index contributed by atoms with van der Waals surface area (Å²) in [7, 11) is 0. The second-order valence-electron chi connectivity index (χ2n) is 1.76. The van der Waals surface area contributed by atoms with Gasteiger partial charge in [0.25, 0.3) is 0 Å². The number of nitrogens with zero attached hydrogens (tertiary/aromatic N) is 1. The lowest BCUT2D eigenvalue weighted by molar-refractivity contribution is -0.138. The third-order valence-corrected chi connectivity index (χ3v) is 1.06. The molecule has 0 amide bonds. The number of carboxylic acids is 1. The second kappa shape index (κ2) is 3.26. The Balaban J connectivity index is 0.000000810. The van der Waals surface area contributed by atoms with E-state index in [0.717, 1.165) is 0 Å². The molecule has 0 aliphatic carbocycles. The van der Waals surface area contributed by atoms with Gasteiger partial charge in [0, 0.05) is 0 Å². The highest BCUT2D eigenvalue weighted by atomic mass is 35.5. The second-order valence-corrected chi connectivity index (χ2v) is 1.76. The number of guanidine groups is 1. The molecule has 0 aromatic carbocycles. The van der Waals surface area contributed by atoms with Gasteiger partial charge in [-0.05, 0) is 0 Å². The molecule has 1 aliphatic rings. The molecule has 0 aromatic heterocycles. The van der Waals surface area contributed by atoms with Crippen molar-refractivity contribution < 1.29 is 9.90 Å². The van der Waals surface area contributed by atoms with Crippen molar-refractivity contribution in [3.05, 3.63) is 0 Å². The van der Waals surface area contributed by atoms with Gasteiger partial charge in [0.1, 0.15) is 6.04 Å². The predicted molar refractivity (Wildman–Crippen MR) is 38.3 cm³/mol. The summed E-state index contributed by atoms with van der Waals surface area (Å²) in [6.07, 6.45) is 0. The first-order valence-corrected chi connectivity index (χ1v) is 2.49. The molecule has 0 saturated carbocycles. The molecule has 58 valence electrons. The Hall–Kier alpha value is -0.970. The number of carbonyl (C=O) groups is 1. The van der Waals surface area contributed by atoms with Crippen molar-refractivity contribution in [2.75, 3.05) is 6.54 Å². The van der Waals surface area contributed by atoms with Crippen molar-refractivity contribution in [3.63, 3.8) is 0 Å². The number of carboxylic acid groups (broad SMARTS) is 1. The van der Waals surface area contributed by atoms with E-state index in [0.29, 0.717) is 0 Å². The van der Waals surface area contributed by atoms with Gasteiger partial charge in [0.15, 0.2) is 5.96 Å². The molecule has 1 rings (SSSR count). The quantitative estimate of drug-likeness (QED) is 0.455. The molecule has 0 aromatic rings. The van der Waals surface area contributed by atoms with E-state index in [-0.39, 0.29) is 24.9 Å². The van der Waals surface area contributed by atoms with Crippen LogP contribution in [0.25, 0.3) is 0 Å². The Morgan fingerprint density at radius 1 is 1.90 bits per heavy atom. The molecule has 1 unspecified atom stereocenters. The summed E-state index contributed by atoms with van der Waals surface area (Å²) in [6.45, 7) is 0.237. The molecule has 10 heavy (non-hydrogen) atoms. The molecule has 0 saturated heterocycles. The van der Waals surface area contributed by atoms with Crippen molar-refractivity contribution in [1.82, 2.24) is 5.32 Å². The molecule has 1 heterocycles. The minimum absolute atomic E-state index is 0. The minimum atomic E-state index is -0.917. The van der Waals surface area contributed by atoms with E-state index in [2.05, 4.69) is 10.3 Å². The van der Waals surface area contributed by atoms with Gasteiger partial charge in [-0.25, -0.2) is 4.79 Å². The first kappa shape index (κ1) is 9.03. The van der Waals surface area contributed by atoms with Crippen LogP contribution in [0.1, 0.15) is 0 Å². The monoisotopic (exact) mass is 165 g/mol. The lowest BCUT2D eigenvalue weighted by Crippen LogP contribution is -2.40. The number of hydrogen-bond donors (Lipinski definition) is 3. The van der Waals surface area contributed by atoms with E-state index in [1.807, 2.05) is 0 Å². The van der Waals surface area contributed by atoms with E-state index < -0.39 is 12.0 Å². The lowest BCUT2D eigenvalue weighted by Gasteiger charge is -2.01. The number of nitrogens with two attached hydrogens (primary N) is 1. The number of aliphatic carboxylic acids is 1. The van der Waals surface area contributed by atoms with Crippen LogP contribution in [0.15, 0.2) is 4.99 Å². The predicted octanol–water partition coefficient (Wildman–Crippen LogP) is -1.22. The van der Waals surface area contributed by atoms with Crippen LogP contribution >= 0.6 is 12.4 Å². The van der Waals surface area contributed by atoms with Gasteiger partial charge >= 0.3 is 5.97 Å². The third kappa shape index (κ3) is 1.77. The zero-order valence-electron chi connectivity index (χ0n) is 5.07. The van der Waals surface area contributed by atoms with Crippen LogP contribution < -0.4 is 11.1 Å². The topological polar surface area (TPSA) is 87.7 Å². The Labute approximate surface area is 63.7 Å². The lowest BCUT2D eigenvalue weighted by atomic mass is 10.3. The molecule has 5 nitrogen and oxygen atoms in total. The van der Waals surface area contributed by atoms with Gasteiger partial charge < -0.3 is 16.2 Å². The van der Waals surface area contributed by atoms with Crippen LogP contribution in [0, 0.1) is 0 Å². The average Bonchev–Trinajstić information content (AvgIpc) is 2.14. The fraction of sp³-hybridized carbons (Fsp3) is 0.500. The maximum atomic E-state index is 10.2. The van der Waals surface area contributed by atoms with E-state index in [9.17, 15) is 4.79 Å². The number of nitrogens with one attached hydrogen (secondary N) is 1. The molecule has 0 bridgehead atoms. The highest BCUT2D eigenvalue weighted by Gasteiger charge is 2.21. The van der Waals surface area contributed by atoms with Crippen molar-refractivity contribution in [3.8, 4) is 0 Å². The Bertz CT molecular complexity index is 170. The number of hydrogen-bond acceptors (Lipinski definition) is 4. The molecular formula is C4H8ClN3O2. The van der Waals surface area contributed by atoms with Crippen LogP contribution in [0.4, 0.5) is 0 Å². The summed E-state index contributed by atoms with van der Waals surface area (Å²) < 4.78 is 0. The van der Waals surface area contributed by atoms with Gasteiger partial charge in [-0.1, -0.05) is 0 Å². The Morgan fingerprint density at radius 3 is 2.70 bits per heavy atom. The molecule has 0 radical (unpaired) electrons. The summed E-state index contributed by atoms with van der Waals surface area (Å²) in [5, 5.41) is 10.8. The molecule has 0 fully saturated rings. The number of aliphatic imine (C=N–C) groups is 1. The smallest absolute Gasteiger partial charge is 0.328 e. The van der Waals surface area contributed by atoms with E-state index >= 15 is 0 Å². The van der Waals surface area contributed by atoms with Crippen molar-refractivity contribution in [2.24, 2.45) is 10.7 Å². The van der Waals surface area contributed by atoms with E-state index in [1.54, 1.807) is 0 Å². The molecular weight excluding hydrogens is 158 g/mol. The largest absolute Gasteiger partial charge is 0.480 e. The van der Waals surface area contributed by atoms with Crippen LogP contribution in [0.5, 0.6) is 0 Å². The van der Waals surface area contributed by atoms with Crippen LogP contribution in [-0.4, -0.2) is 29.6 Å². The average molecular weight is 166 g/mol. The van der Waals surface area contributed by atoms with Gasteiger partial charge in [-0.2, -0.15) is 0 Å².